The first-order chi connectivity index (χ1) is 13.3. The summed E-state index contributed by atoms with van der Waals surface area (Å²) in [6.07, 6.45) is 0. The molecule has 0 fully saturated rings. The highest BCUT2D eigenvalue weighted by Crippen LogP contribution is 2.22. The Morgan fingerprint density at radius 1 is 1.00 bits per heavy atom. The van der Waals surface area contributed by atoms with Crippen LogP contribution < -0.4 is 10.0 Å². The van der Waals surface area contributed by atoms with Crippen LogP contribution in [-0.2, 0) is 14.8 Å². The van der Waals surface area contributed by atoms with Gasteiger partial charge in [-0.3, -0.25) is 9.52 Å². The Labute approximate surface area is 171 Å². The van der Waals surface area contributed by atoms with Crippen molar-refractivity contribution in [3.05, 3.63) is 59.1 Å². The Hall–Kier alpha value is -2.43. The molecule has 1 aromatic heterocycles. The number of aromatic nitrogens is 2. The SMILES string of the molecule is Cc1ccc(S(=O)(=O)Nc2ccc(NC(=O)CSc3nnc(C)s3)cc2)cc1. The number of nitrogens with one attached hydrogen (secondary N) is 2. The van der Waals surface area contributed by atoms with Gasteiger partial charge in [0.05, 0.1) is 10.6 Å². The van der Waals surface area contributed by atoms with Gasteiger partial charge in [0.1, 0.15) is 5.01 Å². The number of benzene rings is 2. The Kier molecular flexibility index (Phi) is 6.32. The number of nitrogens with zero attached hydrogens (tertiary/aromatic N) is 2. The summed E-state index contributed by atoms with van der Waals surface area (Å²) < 4.78 is 28.1. The molecule has 2 aromatic carbocycles. The van der Waals surface area contributed by atoms with E-state index in [1.54, 1.807) is 48.5 Å². The van der Waals surface area contributed by atoms with Gasteiger partial charge in [0.2, 0.25) is 5.91 Å². The van der Waals surface area contributed by atoms with Gasteiger partial charge in [0.25, 0.3) is 10.0 Å². The van der Waals surface area contributed by atoms with Gasteiger partial charge < -0.3 is 5.32 Å². The normalized spacial score (nSPS) is 11.2. The fraction of sp³-hybridized carbons (Fsp3) is 0.167. The first-order valence-electron chi connectivity index (χ1n) is 8.24. The summed E-state index contributed by atoms with van der Waals surface area (Å²) >= 11 is 2.76. The number of hydrogen-bond acceptors (Lipinski definition) is 7. The number of rotatable bonds is 7. The van der Waals surface area contributed by atoms with Gasteiger partial charge in [-0.25, -0.2) is 8.42 Å². The van der Waals surface area contributed by atoms with Gasteiger partial charge >= 0.3 is 0 Å². The number of sulfonamides is 1. The number of aryl methyl sites for hydroxylation is 2. The smallest absolute Gasteiger partial charge is 0.261 e. The van der Waals surface area contributed by atoms with E-state index in [1.165, 1.54) is 23.1 Å². The van der Waals surface area contributed by atoms with E-state index < -0.39 is 10.0 Å². The molecule has 3 aromatic rings. The molecule has 0 aliphatic rings. The minimum atomic E-state index is -3.66. The molecule has 1 amide bonds. The van der Waals surface area contributed by atoms with Crippen molar-refractivity contribution in [2.45, 2.75) is 23.1 Å². The monoisotopic (exact) mass is 434 g/mol. The Balaban J connectivity index is 1.57. The molecule has 0 spiro atoms. The van der Waals surface area contributed by atoms with Crippen LogP contribution in [0.25, 0.3) is 0 Å². The van der Waals surface area contributed by atoms with Gasteiger partial charge in [0, 0.05) is 11.4 Å². The molecule has 0 aliphatic heterocycles. The van der Waals surface area contributed by atoms with Crippen LogP contribution >= 0.6 is 23.1 Å². The molecule has 0 saturated heterocycles. The van der Waals surface area contributed by atoms with Gasteiger partial charge in [-0.05, 0) is 50.2 Å². The molecule has 0 bridgehead atoms. The van der Waals surface area contributed by atoms with Crippen molar-refractivity contribution < 1.29 is 13.2 Å². The summed E-state index contributed by atoms with van der Waals surface area (Å²) in [6, 6.07) is 13.1. The fourth-order valence-electron chi connectivity index (χ4n) is 2.21. The predicted molar refractivity (Wildman–Crippen MR) is 112 cm³/mol. The van der Waals surface area contributed by atoms with Crippen LogP contribution in [0.15, 0.2) is 57.8 Å². The van der Waals surface area contributed by atoms with Crippen molar-refractivity contribution in [3.63, 3.8) is 0 Å². The van der Waals surface area contributed by atoms with E-state index >= 15 is 0 Å². The lowest BCUT2D eigenvalue weighted by atomic mass is 10.2. The van der Waals surface area contributed by atoms with Crippen LogP contribution in [0.1, 0.15) is 10.6 Å². The highest BCUT2D eigenvalue weighted by atomic mass is 32.2. The first-order valence-corrected chi connectivity index (χ1v) is 11.5. The van der Waals surface area contributed by atoms with Crippen molar-refractivity contribution in [1.82, 2.24) is 10.2 Å². The van der Waals surface area contributed by atoms with E-state index in [1.807, 2.05) is 13.8 Å². The van der Waals surface area contributed by atoms with E-state index in [9.17, 15) is 13.2 Å². The number of amides is 1. The average molecular weight is 435 g/mol. The predicted octanol–water partition coefficient (Wildman–Crippen LogP) is 3.69. The van der Waals surface area contributed by atoms with Gasteiger partial charge in [-0.15, -0.1) is 10.2 Å². The minimum absolute atomic E-state index is 0.175. The van der Waals surface area contributed by atoms with Gasteiger partial charge in [-0.1, -0.05) is 40.8 Å². The quantitative estimate of drug-likeness (QED) is 0.550. The topological polar surface area (TPSA) is 101 Å². The third-order valence-electron chi connectivity index (χ3n) is 3.59. The van der Waals surface area contributed by atoms with Gasteiger partial charge in [0.15, 0.2) is 4.34 Å². The number of hydrogen-bond donors (Lipinski definition) is 2. The van der Waals surface area contributed by atoms with E-state index in [4.69, 9.17) is 0 Å². The molecule has 28 heavy (non-hydrogen) atoms. The average Bonchev–Trinajstić information content (AvgIpc) is 3.07. The largest absolute Gasteiger partial charge is 0.325 e. The third kappa shape index (κ3) is 5.54. The van der Waals surface area contributed by atoms with Crippen LogP contribution in [0.2, 0.25) is 0 Å². The maximum atomic E-state index is 12.4. The summed E-state index contributed by atoms with van der Waals surface area (Å²) in [5.41, 5.74) is 1.98. The van der Waals surface area contributed by atoms with Crippen LogP contribution in [0, 0.1) is 13.8 Å². The standard InChI is InChI=1S/C18H18N4O3S3/c1-12-3-9-16(10-4-12)28(24,25)22-15-7-5-14(6-8-15)19-17(23)11-26-18-21-20-13(2)27-18/h3-10,22H,11H2,1-2H3,(H,19,23). The van der Waals surface area contributed by atoms with Crippen molar-refractivity contribution in [2.75, 3.05) is 15.8 Å². The lowest BCUT2D eigenvalue weighted by molar-refractivity contribution is -0.113. The van der Waals surface area contributed by atoms with Crippen molar-refractivity contribution in [1.29, 1.82) is 0 Å². The van der Waals surface area contributed by atoms with Crippen molar-refractivity contribution in [2.24, 2.45) is 0 Å². The molecule has 0 aliphatic carbocycles. The van der Waals surface area contributed by atoms with E-state index in [0.29, 0.717) is 11.4 Å². The molecule has 7 nitrogen and oxygen atoms in total. The van der Waals surface area contributed by atoms with Crippen LogP contribution in [-0.4, -0.2) is 30.3 Å². The maximum Gasteiger partial charge on any atom is 0.261 e. The minimum Gasteiger partial charge on any atom is -0.325 e. The summed E-state index contributed by atoms with van der Waals surface area (Å²) in [6.45, 7) is 3.75. The number of carbonyl (C=O) groups excluding carboxylic acids is 1. The molecule has 0 atom stereocenters. The Bertz CT molecular complexity index is 1060. The second-order valence-corrected chi connectivity index (χ2v) is 10.0. The molecule has 2 N–H and O–H groups in total. The summed E-state index contributed by atoms with van der Waals surface area (Å²) in [5.74, 6) is 0.0435. The lowest BCUT2D eigenvalue weighted by Gasteiger charge is -2.10. The Morgan fingerprint density at radius 3 is 2.25 bits per heavy atom. The van der Waals surface area contributed by atoms with E-state index in [-0.39, 0.29) is 16.6 Å². The molecule has 0 radical (unpaired) electrons. The number of carbonyl (C=O) groups is 1. The van der Waals surface area contributed by atoms with Gasteiger partial charge in [-0.2, -0.15) is 0 Å². The van der Waals surface area contributed by atoms with E-state index in [0.717, 1.165) is 14.9 Å². The zero-order valence-corrected chi connectivity index (χ0v) is 17.6. The lowest BCUT2D eigenvalue weighted by Crippen LogP contribution is -2.15. The first kappa shape index (κ1) is 20.3. The molecule has 1 heterocycles. The highest BCUT2D eigenvalue weighted by Gasteiger charge is 2.14. The fourth-order valence-corrected chi connectivity index (χ4v) is 4.89. The maximum absolute atomic E-state index is 12.4. The molecular formula is C18H18N4O3S3. The Morgan fingerprint density at radius 2 is 1.64 bits per heavy atom. The number of thioether (sulfide) groups is 1. The molecule has 146 valence electrons. The van der Waals surface area contributed by atoms with Crippen LogP contribution in [0.3, 0.4) is 0 Å². The molecule has 3 rings (SSSR count). The summed E-state index contributed by atoms with van der Waals surface area (Å²) in [4.78, 5) is 12.2. The molecular weight excluding hydrogens is 416 g/mol. The molecule has 0 unspecified atom stereocenters. The summed E-state index contributed by atoms with van der Waals surface area (Å²) in [5, 5.41) is 11.5. The second-order valence-electron chi connectivity index (χ2n) is 5.92. The summed E-state index contributed by atoms with van der Waals surface area (Å²) in [7, 11) is -3.66. The highest BCUT2D eigenvalue weighted by molar-refractivity contribution is 8.01. The zero-order chi connectivity index (χ0) is 20.1. The molecule has 10 heteroatoms. The third-order valence-corrected chi connectivity index (χ3v) is 6.96. The van der Waals surface area contributed by atoms with Crippen molar-refractivity contribution >= 4 is 50.4 Å². The second kappa shape index (κ2) is 8.72. The zero-order valence-electron chi connectivity index (χ0n) is 15.2. The number of anilines is 2. The molecule has 0 saturated carbocycles. The van der Waals surface area contributed by atoms with E-state index in [2.05, 4.69) is 20.2 Å². The van der Waals surface area contributed by atoms with Crippen LogP contribution in [0.5, 0.6) is 0 Å². The van der Waals surface area contributed by atoms with Crippen molar-refractivity contribution in [3.8, 4) is 0 Å². The van der Waals surface area contributed by atoms with Crippen LogP contribution in [0.4, 0.5) is 11.4 Å².